The fraction of sp³-hybridized carbons (Fsp3) is 0.167. The fourth-order valence-electron chi connectivity index (χ4n) is 1.51. The molecule has 1 aromatic carbocycles. The number of rotatable bonds is 4. The van der Waals surface area contributed by atoms with Gasteiger partial charge in [0, 0.05) is 23.1 Å². The Hall–Kier alpha value is -2.02. The number of aromatic carboxylic acids is 1. The number of hydrogen-bond acceptors (Lipinski definition) is 4. The topological polar surface area (TPSA) is 62.2 Å². The highest BCUT2D eigenvalue weighted by Crippen LogP contribution is 2.23. The maximum absolute atomic E-state index is 13.4. The Morgan fingerprint density at radius 1 is 1.47 bits per heavy atom. The molecule has 19 heavy (non-hydrogen) atoms. The molecule has 0 spiro atoms. The maximum atomic E-state index is 13.4. The summed E-state index contributed by atoms with van der Waals surface area (Å²) in [5.41, 5.74) is 0.262. The van der Waals surface area contributed by atoms with Crippen molar-refractivity contribution in [3.8, 4) is 0 Å². The highest BCUT2D eigenvalue weighted by molar-refractivity contribution is 7.15. The molecule has 0 unspecified atom stereocenters. The molecule has 1 aromatic heterocycles. The van der Waals surface area contributed by atoms with Crippen molar-refractivity contribution in [3.63, 3.8) is 0 Å². The largest absolute Gasteiger partial charge is 0.476 e. The molecule has 0 saturated carbocycles. The molecule has 0 atom stereocenters. The number of benzene rings is 1. The SMILES string of the molecule is Cc1sc(NCc2ccc(F)cc2F)nc1C(=O)O. The van der Waals surface area contributed by atoms with Crippen LogP contribution in [0.1, 0.15) is 20.9 Å². The molecule has 0 saturated heterocycles. The second kappa shape index (κ2) is 5.31. The molecule has 0 aliphatic rings. The van der Waals surface area contributed by atoms with E-state index in [0.717, 1.165) is 12.1 Å². The predicted octanol–water partition coefficient (Wildman–Crippen LogP) is 3.04. The number of aromatic nitrogens is 1. The third kappa shape index (κ3) is 3.05. The second-order valence-corrected chi connectivity index (χ2v) is 5.02. The Kier molecular flexibility index (Phi) is 3.75. The summed E-state index contributed by atoms with van der Waals surface area (Å²) in [5.74, 6) is -2.39. The summed E-state index contributed by atoms with van der Waals surface area (Å²) in [6.07, 6.45) is 0. The molecule has 0 aliphatic heterocycles. The summed E-state index contributed by atoms with van der Waals surface area (Å²) in [4.78, 5) is 15.3. The predicted molar refractivity (Wildman–Crippen MR) is 67.5 cm³/mol. The van der Waals surface area contributed by atoms with Gasteiger partial charge in [0.05, 0.1) is 0 Å². The van der Waals surface area contributed by atoms with Crippen LogP contribution in [0.15, 0.2) is 18.2 Å². The van der Waals surface area contributed by atoms with Crippen LogP contribution in [-0.2, 0) is 6.54 Å². The molecule has 0 bridgehead atoms. The van der Waals surface area contributed by atoms with E-state index in [2.05, 4.69) is 10.3 Å². The first-order valence-corrected chi connectivity index (χ1v) is 6.17. The van der Waals surface area contributed by atoms with Gasteiger partial charge in [0.15, 0.2) is 10.8 Å². The molecular weight excluding hydrogens is 274 g/mol. The molecule has 1 heterocycles. The van der Waals surface area contributed by atoms with Crippen LogP contribution in [-0.4, -0.2) is 16.1 Å². The molecule has 100 valence electrons. The van der Waals surface area contributed by atoms with E-state index in [4.69, 9.17) is 5.11 Å². The van der Waals surface area contributed by atoms with Gasteiger partial charge in [-0.15, -0.1) is 11.3 Å². The Morgan fingerprint density at radius 3 is 2.79 bits per heavy atom. The second-order valence-electron chi connectivity index (χ2n) is 3.82. The third-order valence-corrected chi connectivity index (χ3v) is 3.37. The van der Waals surface area contributed by atoms with Crippen LogP contribution in [0.5, 0.6) is 0 Å². The quantitative estimate of drug-likeness (QED) is 0.906. The van der Waals surface area contributed by atoms with Gasteiger partial charge >= 0.3 is 5.97 Å². The first kappa shape index (κ1) is 13.4. The van der Waals surface area contributed by atoms with Gasteiger partial charge in [-0.25, -0.2) is 18.6 Å². The van der Waals surface area contributed by atoms with Crippen molar-refractivity contribution in [3.05, 3.63) is 46.0 Å². The molecule has 0 fully saturated rings. The first-order chi connectivity index (χ1) is 8.97. The van der Waals surface area contributed by atoms with E-state index < -0.39 is 17.6 Å². The van der Waals surface area contributed by atoms with Gasteiger partial charge in [0.1, 0.15) is 11.6 Å². The number of anilines is 1. The van der Waals surface area contributed by atoms with Crippen molar-refractivity contribution in [1.82, 2.24) is 4.98 Å². The Labute approximate surface area is 111 Å². The minimum atomic E-state index is -1.10. The zero-order valence-electron chi connectivity index (χ0n) is 9.91. The lowest BCUT2D eigenvalue weighted by Gasteiger charge is -2.04. The van der Waals surface area contributed by atoms with Crippen LogP contribution >= 0.6 is 11.3 Å². The number of aryl methyl sites for hydroxylation is 1. The van der Waals surface area contributed by atoms with E-state index in [1.54, 1.807) is 6.92 Å². The van der Waals surface area contributed by atoms with Crippen LogP contribution in [0.3, 0.4) is 0 Å². The summed E-state index contributed by atoms with van der Waals surface area (Å²) in [6.45, 7) is 1.75. The minimum Gasteiger partial charge on any atom is -0.476 e. The summed E-state index contributed by atoms with van der Waals surface area (Å²) in [6, 6.07) is 3.29. The van der Waals surface area contributed by atoms with Crippen molar-refractivity contribution in [2.45, 2.75) is 13.5 Å². The van der Waals surface area contributed by atoms with Gasteiger partial charge in [-0.05, 0) is 13.0 Å². The number of halogens is 2. The lowest BCUT2D eigenvalue weighted by molar-refractivity contribution is 0.0690. The lowest BCUT2D eigenvalue weighted by atomic mass is 10.2. The molecule has 7 heteroatoms. The zero-order valence-corrected chi connectivity index (χ0v) is 10.7. The van der Waals surface area contributed by atoms with Crippen molar-refractivity contribution in [2.24, 2.45) is 0 Å². The number of thiazole rings is 1. The smallest absolute Gasteiger partial charge is 0.355 e. The average molecular weight is 284 g/mol. The van der Waals surface area contributed by atoms with E-state index >= 15 is 0 Å². The minimum absolute atomic E-state index is 0.0212. The summed E-state index contributed by atoms with van der Waals surface area (Å²) in [5, 5.41) is 12.1. The number of carboxylic acid groups (broad SMARTS) is 1. The summed E-state index contributed by atoms with van der Waals surface area (Å²) >= 11 is 1.17. The standard InChI is InChI=1S/C12H10F2N2O2S/c1-6-10(11(17)18)16-12(19-6)15-5-7-2-3-8(13)4-9(7)14/h2-4H,5H2,1H3,(H,15,16)(H,17,18). The summed E-state index contributed by atoms with van der Waals surface area (Å²) < 4.78 is 26.1. The van der Waals surface area contributed by atoms with Gasteiger partial charge in [-0.2, -0.15) is 0 Å². The van der Waals surface area contributed by atoms with Gasteiger partial charge in [-0.1, -0.05) is 6.07 Å². The molecule has 0 aliphatic carbocycles. The van der Waals surface area contributed by atoms with E-state index in [1.807, 2.05) is 0 Å². The first-order valence-electron chi connectivity index (χ1n) is 5.36. The van der Waals surface area contributed by atoms with Crippen LogP contribution in [0.25, 0.3) is 0 Å². The molecular formula is C12H10F2N2O2S. The Balaban J connectivity index is 2.10. The number of hydrogen-bond donors (Lipinski definition) is 2. The van der Waals surface area contributed by atoms with Gasteiger partial charge < -0.3 is 10.4 Å². The van der Waals surface area contributed by atoms with Crippen LogP contribution in [0, 0.1) is 18.6 Å². The number of carbonyl (C=O) groups is 1. The van der Waals surface area contributed by atoms with Gasteiger partial charge in [-0.3, -0.25) is 0 Å². The average Bonchev–Trinajstić information content (AvgIpc) is 2.69. The van der Waals surface area contributed by atoms with Crippen LogP contribution in [0.4, 0.5) is 13.9 Å². The Bertz CT molecular complexity index is 628. The highest BCUT2D eigenvalue weighted by Gasteiger charge is 2.14. The lowest BCUT2D eigenvalue weighted by Crippen LogP contribution is -2.03. The molecule has 0 amide bonds. The van der Waals surface area contributed by atoms with Crippen molar-refractivity contribution >= 4 is 22.4 Å². The molecule has 0 radical (unpaired) electrons. The van der Waals surface area contributed by atoms with E-state index in [-0.39, 0.29) is 17.8 Å². The van der Waals surface area contributed by atoms with Gasteiger partial charge in [0.25, 0.3) is 0 Å². The van der Waals surface area contributed by atoms with Crippen molar-refractivity contribution in [2.75, 3.05) is 5.32 Å². The number of nitrogens with zero attached hydrogens (tertiary/aromatic N) is 1. The monoisotopic (exact) mass is 284 g/mol. The summed E-state index contributed by atoms with van der Waals surface area (Å²) in [7, 11) is 0. The normalized spacial score (nSPS) is 10.5. The molecule has 2 aromatic rings. The van der Waals surface area contributed by atoms with E-state index in [0.29, 0.717) is 10.0 Å². The maximum Gasteiger partial charge on any atom is 0.355 e. The van der Waals surface area contributed by atoms with E-state index in [1.165, 1.54) is 17.4 Å². The number of nitrogens with one attached hydrogen (secondary N) is 1. The Morgan fingerprint density at radius 2 is 2.21 bits per heavy atom. The molecule has 4 nitrogen and oxygen atoms in total. The zero-order chi connectivity index (χ0) is 14.0. The molecule has 2 N–H and O–H groups in total. The fourth-order valence-corrected chi connectivity index (χ4v) is 2.31. The van der Waals surface area contributed by atoms with E-state index in [9.17, 15) is 13.6 Å². The number of carboxylic acids is 1. The van der Waals surface area contributed by atoms with Crippen molar-refractivity contribution < 1.29 is 18.7 Å². The van der Waals surface area contributed by atoms with Crippen LogP contribution < -0.4 is 5.32 Å². The van der Waals surface area contributed by atoms with Gasteiger partial charge in [0.2, 0.25) is 0 Å². The highest BCUT2D eigenvalue weighted by atomic mass is 32.1. The molecule has 2 rings (SSSR count). The third-order valence-electron chi connectivity index (χ3n) is 2.44. The van der Waals surface area contributed by atoms with Crippen molar-refractivity contribution in [1.29, 1.82) is 0 Å². The van der Waals surface area contributed by atoms with Crippen LogP contribution in [0.2, 0.25) is 0 Å².